The molecule has 1 aliphatic rings. The number of amides is 2. The van der Waals surface area contributed by atoms with E-state index in [0.717, 1.165) is 11.1 Å². The minimum absolute atomic E-state index is 0.102. The Balaban J connectivity index is 1.71. The largest absolute Gasteiger partial charge is 0.459 e. The molecule has 0 aliphatic carbocycles. The van der Waals surface area contributed by atoms with Crippen LogP contribution in [-0.4, -0.2) is 47.6 Å². The lowest BCUT2D eigenvalue weighted by Gasteiger charge is -2.38. The molecule has 1 saturated heterocycles. The van der Waals surface area contributed by atoms with Crippen molar-refractivity contribution in [2.45, 2.75) is 51.4 Å². The maximum atomic E-state index is 13.3. The van der Waals surface area contributed by atoms with Crippen LogP contribution in [0.25, 0.3) is 0 Å². The molecule has 2 atom stereocenters. The number of ether oxygens (including phenoxy) is 2. The SMILES string of the molecule is CC(C)(C)OC(=O)CN1CC[C@H](c2ccccc2)[C@@H](NC(=O)OCc2ccccc2)C1=O. The van der Waals surface area contributed by atoms with Crippen molar-refractivity contribution in [3.63, 3.8) is 0 Å². The molecule has 32 heavy (non-hydrogen) atoms. The van der Waals surface area contributed by atoms with Gasteiger partial charge in [-0.25, -0.2) is 4.79 Å². The Kier molecular flexibility index (Phi) is 7.51. The van der Waals surface area contributed by atoms with Crippen molar-refractivity contribution in [3.8, 4) is 0 Å². The van der Waals surface area contributed by atoms with E-state index in [4.69, 9.17) is 9.47 Å². The summed E-state index contributed by atoms with van der Waals surface area (Å²) in [6.45, 7) is 5.68. The number of carbonyl (C=O) groups excluding carboxylic acids is 3. The van der Waals surface area contributed by atoms with Crippen LogP contribution >= 0.6 is 0 Å². The van der Waals surface area contributed by atoms with E-state index in [0.29, 0.717) is 13.0 Å². The van der Waals surface area contributed by atoms with Crippen LogP contribution in [0.15, 0.2) is 60.7 Å². The third-order valence-corrected chi connectivity index (χ3v) is 5.14. The maximum Gasteiger partial charge on any atom is 0.408 e. The first kappa shape index (κ1) is 23.3. The standard InChI is InChI=1S/C25H30N2O5/c1-25(2,3)32-21(28)16-27-15-14-20(19-12-8-5-9-13-19)22(23(27)29)26-24(30)31-17-18-10-6-4-7-11-18/h4-13,20,22H,14-17H2,1-3H3,(H,26,30)/t20-,22-/m1/s1. The van der Waals surface area contributed by atoms with Crippen molar-refractivity contribution >= 4 is 18.0 Å². The summed E-state index contributed by atoms with van der Waals surface area (Å²) in [6.07, 6.45) is -0.0745. The number of benzene rings is 2. The molecule has 0 radical (unpaired) electrons. The molecule has 7 heteroatoms. The lowest BCUT2D eigenvalue weighted by atomic mass is 9.84. The molecule has 170 valence electrons. The summed E-state index contributed by atoms with van der Waals surface area (Å²) < 4.78 is 10.7. The molecular formula is C25H30N2O5. The summed E-state index contributed by atoms with van der Waals surface area (Å²) >= 11 is 0. The van der Waals surface area contributed by atoms with Crippen LogP contribution in [0.1, 0.15) is 44.2 Å². The van der Waals surface area contributed by atoms with E-state index < -0.39 is 23.7 Å². The van der Waals surface area contributed by atoms with E-state index in [1.54, 1.807) is 20.8 Å². The van der Waals surface area contributed by atoms with Gasteiger partial charge in [0.1, 0.15) is 24.8 Å². The zero-order valence-electron chi connectivity index (χ0n) is 18.7. The molecule has 0 aromatic heterocycles. The van der Waals surface area contributed by atoms with Crippen molar-refractivity contribution in [1.82, 2.24) is 10.2 Å². The first-order chi connectivity index (χ1) is 15.2. The molecule has 0 saturated carbocycles. The molecule has 7 nitrogen and oxygen atoms in total. The second-order valence-corrected chi connectivity index (χ2v) is 8.84. The number of carbonyl (C=O) groups is 3. The van der Waals surface area contributed by atoms with Gasteiger partial charge in [-0.2, -0.15) is 0 Å². The van der Waals surface area contributed by atoms with Crippen LogP contribution in [0.5, 0.6) is 0 Å². The van der Waals surface area contributed by atoms with Gasteiger partial charge in [0, 0.05) is 12.5 Å². The monoisotopic (exact) mass is 438 g/mol. The van der Waals surface area contributed by atoms with Gasteiger partial charge >= 0.3 is 12.1 Å². The molecule has 3 rings (SSSR count). The number of hydrogen-bond donors (Lipinski definition) is 1. The first-order valence-corrected chi connectivity index (χ1v) is 10.8. The average Bonchev–Trinajstić information content (AvgIpc) is 2.75. The highest BCUT2D eigenvalue weighted by atomic mass is 16.6. The van der Waals surface area contributed by atoms with E-state index in [9.17, 15) is 14.4 Å². The van der Waals surface area contributed by atoms with E-state index in [-0.39, 0.29) is 25.0 Å². The van der Waals surface area contributed by atoms with Crippen LogP contribution < -0.4 is 5.32 Å². The van der Waals surface area contributed by atoms with E-state index in [1.807, 2.05) is 60.7 Å². The Bertz CT molecular complexity index is 924. The highest BCUT2D eigenvalue weighted by molar-refractivity contribution is 5.90. The average molecular weight is 439 g/mol. The predicted molar refractivity (Wildman–Crippen MR) is 120 cm³/mol. The molecule has 0 unspecified atom stereocenters. The summed E-state index contributed by atoms with van der Waals surface area (Å²) in [5.74, 6) is -1.02. The highest BCUT2D eigenvalue weighted by Gasteiger charge is 2.39. The molecule has 2 aromatic carbocycles. The van der Waals surface area contributed by atoms with Gasteiger partial charge in [0.25, 0.3) is 0 Å². The van der Waals surface area contributed by atoms with Gasteiger partial charge in [-0.05, 0) is 38.3 Å². The quantitative estimate of drug-likeness (QED) is 0.696. The van der Waals surface area contributed by atoms with Gasteiger partial charge in [0.05, 0.1) is 0 Å². The minimum atomic E-state index is -0.836. The molecule has 0 bridgehead atoms. The van der Waals surface area contributed by atoms with Crippen molar-refractivity contribution in [2.75, 3.05) is 13.1 Å². The number of rotatable bonds is 6. The first-order valence-electron chi connectivity index (χ1n) is 10.8. The Morgan fingerprint density at radius 2 is 1.66 bits per heavy atom. The summed E-state index contributed by atoms with van der Waals surface area (Å²) in [5, 5.41) is 2.73. The number of likely N-dealkylation sites (tertiary alicyclic amines) is 1. The predicted octanol–water partition coefficient (Wildman–Crippen LogP) is 3.64. The number of piperidine rings is 1. The van der Waals surface area contributed by atoms with E-state index in [1.165, 1.54) is 4.90 Å². The van der Waals surface area contributed by atoms with Gasteiger partial charge in [0.15, 0.2) is 0 Å². The summed E-state index contributed by atoms with van der Waals surface area (Å²) in [7, 11) is 0. The normalized spacial score (nSPS) is 18.7. The molecular weight excluding hydrogens is 408 g/mol. The van der Waals surface area contributed by atoms with Crippen LogP contribution in [0.3, 0.4) is 0 Å². The molecule has 1 fully saturated rings. The zero-order valence-corrected chi connectivity index (χ0v) is 18.7. The maximum absolute atomic E-state index is 13.3. The highest BCUT2D eigenvalue weighted by Crippen LogP contribution is 2.29. The molecule has 1 N–H and O–H groups in total. The fourth-order valence-electron chi connectivity index (χ4n) is 3.74. The Morgan fingerprint density at radius 3 is 2.28 bits per heavy atom. The second kappa shape index (κ2) is 10.3. The number of nitrogens with zero attached hydrogens (tertiary/aromatic N) is 1. The Hall–Kier alpha value is -3.35. The topological polar surface area (TPSA) is 84.9 Å². The molecule has 2 amide bonds. The van der Waals surface area contributed by atoms with Crippen LogP contribution in [0.2, 0.25) is 0 Å². The van der Waals surface area contributed by atoms with Gasteiger partial charge in [-0.15, -0.1) is 0 Å². The van der Waals surface area contributed by atoms with Crippen molar-refractivity contribution in [1.29, 1.82) is 0 Å². The number of alkyl carbamates (subject to hydrolysis) is 1. The molecule has 2 aromatic rings. The molecule has 1 aliphatic heterocycles. The molecule has 0 spiro atoms. The zero-order chi connectivity index (χ0) is 23.1. The van der Waals surface area contributed by atoms with E-state index >= 15 is 0 Å². The smallest absolute Gasteiger partial charge is 0.408 e. The Morgan fingerprint density at radius 1 is 1.03 bits per heavy atom. The van der Waals surface area contributed by atoms with Crippen LogP contribution in [0.4, 0.5) is 4.79 Å². The van der Waals surface area contributed by atoms with Crippen molar-refractivity contribution in [2.24, 2.45) is 0 Å². The number of hydrogen-bond acceptors (Lipinski definition) is 5. The second-order valence-electron chi connectivity index (χ2n) is 8.84. The third-order valence-electron chi connectivity index (χ3n) is 5.14. The van der Waals surface area contributed by atoms with Crippen molar-refractivity contribution < 1.29 is 23.9 Å². The van der Waals surface area contributed by atoms with Gasteiger partial charge in [-0.1, -0.05) is 60.7 Å². The minimum Gasteiger partial charge on any atom is -0.459 e. The third kappa shape index (κ3) is 6.57. The van der Waals surface area contributed by atoms with Crippen LogP contribution in [0, 0.1) is 0 Å². The molecule has 1 heterocycles. The summed E-state index contributed by atoms with van der Waals surface area (Å²) in [6, 6.07) is 18.1. The fraction of sp³-hybridized carbons (Fsp3) is 0.400. The lowest BCUT2D eigenvalue weighted by molar-refractivity contribution is -0.160. The van der Waals surface area contributed by atoms with Crippen LogP contribution in [-0.2, 0) is 25.7 Å². The van der Waals surface area contributed by atoms with Gasteiger partial charge in [-0.3, -0.25) is 9.59 Å². The number of nitrogens with one attached hydrogen (secondary N) is 1. The van der Waals surface area contributed by atoms with Gasteiger partial charge < -0.3 is 19.7 Å². The van der Waals surface area contributed by atoms with E-state index in [2.05, 4.69) is 5.32 Å². The Labute approximate surface area is 188 Å². The lowest BCUT2D eigenvalue weighted by Crippen LogP contribution is -2.57. The summed E-state index contributed by atoms with van der Waals surface area (Å²) in [5.41, 5.74) is 1.16. The summed E-state index contributed by atoms with van der Waals surface area (Å²) in [4.78, 5) is 39.5. The fourth-order valence-corrected chi connectivity index (χ4v) is 3.74. The van der Waals surface area contributed by atoms with Gasteiger partial charge in [0.2, 0.25) is 5.91 Å². The van der Waals surface area contributed by atoms with Crippen molar-refractivity contribution in [3.05, 3.63) is 71.8 Å². The number of esters is 1.